The van der Waals surface area contributed by atoms with Gasteiger partial charge < -0.3 is 10.2 Å². The average molecular weight is 381 g/mol. The quantitative estimate of drug-likeness (QED) is 0.852. The normalized spacial score (nSPS) is 17.4. The lowest BCUT2D eigenvalue weighted by Crippen LogP contribution is -2.50. The van der Waals surface area contributed by atoms with Crippen molar-refractivity contribution in [2.24, 2.45) is 0 Å². The van der Waals surface area contributed by atoms with Crippen LogP contribution in [0.3, 0.4) is 0 Å². The van der Waals surface area contributed by atoms with E-state index >= 15 is 0 Å². The summed E-state index contributed by atoms with van der Waals surface area (Å²) >= 11 is 12.0. The van der Waals surface area contributed by atoms with E-state index in [1.165, 1.54) is 6.20 Å². The van der Waals surface area contributed by atoms with E-state index in [2.05, 4.69) is 15.5 Å². The van der Waals surface area contributed by atoms with E-state index in [0.29, 0.717) is 40.0 Å². The summed E-state index contributed by atoms with van der Waals surface area (Å²) in [6.07, 6.45) is 3.87. The highest BCUT2D eigenvalue weighted by Gasteiger charge is 2.33. The van der Waals surface area contributed by atoms with Crippen LogP contribution in [0.15, 0.2) is 24.4 Å². The number of amides is 2. The van der Waals surface area contributed by atoms with Crippen LogP contribution in [-0.4, -0.2) is 39.5 Å². The minimum Gasteiger partial charge on any atom is -0.327 e. The molecule has 1 aromatic carbocycles. The van der Waals surface area contributed by atoms with Crippen molar-refractivity contribution in [3.05, 3.63) is 45.7 Å². The van der Waals surface area contributed by atoms with E-state index in [-0.39, 0.29) is 11.8 Å². The van der Waals surface area contributed by atoms with Gasteiger partial charge in [-0.3, -0.25) is 14.7 Å². The monoisotopic (exact) mass is 380 g/mol. The molecule has 8 heteroatoms. The second kappa shape index (κ2) is 7.45. The zero-order chi connectivity index (χ0) is 18.0. The van der Waals surface area contributed by atoms with Gasteiger partial charge in [-0.2, -0.15) is 5.10 Å². The maximum absolute atomic E-state index is 12.8. The highest BCUT2D eigenvalue weighted by Crippen LogP contribution is 2.27. The fraction of sp³-hybridized carbons (Fsp3) is 0.353. The van der Waals surface area contributed by atoms with Crippen molar-refractivity contribution >= 4 is 40.7 Å². The number of H-pyrrole nitrogens is 1. The van der Waals surface area contributed by atoms with Crippen molar-refractivity contribution in [2.45, 2.75) is 32.2 Å². The van der Waals surface area contributed by atoms with E-state index in [9.17, 15) is 9.59 Å². The number of aromatic nitrogens is 2. The van der Waals surface area contributed by atoms with E-state index < -0.39 is 6.04 Å². The smallest absolute Gasteiger partial charge is 0.257 e. The van der Waals surface area contributed by atoms with Crippen molar-refractivity contribution in [2.75, 3.05) is 11.9 Å². The Morgan fingerprint density at radius 2 is 2.12 bits per heavy atom. The number of hydrogen-bond acceptors (Lipinski definition) is 3. The summed E-state index contributed by atoms with van der Waals surface area (Å²) in [4.78, 5) is 27.2. The van der Waals surface area contributed by atoms with Crippen LogP contribution in [0.1, 0.15) is 35.3 Å². The Balaban J connectivity index is 1.79. The Bertz CT molecular complexity index is 806. The Labute approximate surface area is 155 Å². The largest absolute Gasteiger partial charge is 0.327 e. The summed E-state index contributed by atoms with van der Waals surface area (Å²) in [6.45, 7) is 2.32. The van der Waals surface area contributed by atoms with E-state index in [4.69, 9.17) is 23.2 Å². The molecule has 1 fully saturated rings. The third kappa shape index (κ3) is 3.80. The van der Waals surface area contributed by atoms with Crippen LogP contribution < -0.4 is 5.32 Å². The number of likely N-dealkylation sites (tertiary alicyclic amines) is 1. The molecule has 6 nitrogen and oxygen atoms in total. The van der Waals surface area contributed by atoms with Gasteiger partial charge in [0.1, 0.15) is 6.04 Å². The predicted octanol–water partition coefficient (Wildman–Crippen LogP) is 3.66. The van der Waals surface area contributed by atoms with Gasteiger partial charge in [0.15, 0.2) is 0 Å². The van der Waals surface area contributed by atoms with Gasteiger partial charge in [0.05, 0.1) is 22.5 Å². The second-order valence-electron chi connectivity index (χ2n) is 6.03. The lowest BCUT2D eigenvalue weighted by molar-refractivity contribution is -0.121. The summed E-state index contributed by atoms with van der Waals surface area (Å²) in [7, 11) is 0. The number of anilines is 1. The highest BCUT2D eigenvalue weighted by molar-refractivity contribution is 6.36. The summed E-state index contributed by atoms with van der Waals surface area (Å²) in [5.41, 5.74) is 1.66. The molecule has 1 aliphatic heterocycles. The van der Waals surface area contributed by atoms with Crippen molar-refractivity contribution in [1.29, 1.82) is 0 Å². The number of nitrogens with zero attached hydrogens (tertiary/aromatic N) is 2. The van der Waals surface area contributed by atoms with Crippen LogP contribution in [0.5, 0.6) is 0 Å². The van der Waals surface area contributed by atoms with Gasteiger partial charge in [0.25, 0.3) is 5.91 Å². The van der Waals surface area contributed by atoms with Crippen molar-refractivity contribution < 1.29 is 9.59 Å². The molecule has 25 heavy (non-hydrogen) atoms. The molecule has 2 heterocycles. The third-order valence-corrected chi connectivity index (χ3v) is 4.86. The maximum atomic E-state index is 12.8. The molecule has 1 unspecified atom stereocenters. The fourth-order valence-electron chi connectivity index (χ4n) is 2.98. The number of rotatable bonds is 3. The molecule has 2 aromatic rings. The first-order chi connectivity index (χ1) is 12.0. The molecule has 1 saturated heterocycles. The Kier molecular flexibility index (Phi) is 5.30. The molecular weight excluding hydrogens is 363 g/mol. The fourth-order valence-corrected chi connectivity index (χ4v) is 3.43. The number of aryl methyl sites for hydroxylation is 1. The minimum absolute atomic E-state index is 0.187. The van der Waals surface area contributed by atoms with Crippen LogP contribution in [-0.2, 0) is 4.79 Å². The topological polar surface area (TPSA) is 78.1 Å². The Morgan fingerprint density at radius 3 is 2.80 bits per heavy atom. The Hall–Kier alpha value is -2.05. The molecule has 1 aromatic heterocycles. The SMILES string of the molecule is Cc1[nH]ncc1C(=O)N1CCCCC1C(=O)Nc1ccc(Cl)cc1Cl. The number of hydrogen-bond donors (Lipinski definition) is 2. The van der Waals surface area contributed by atoms with Gasteiger partial charge in [0, 0.05) is 17.3 Å². The number of nitrogens with one attached hydrogen (secondary N) is 2. The number of carbonyl (C=O) groups is 2. The molecule has 0 spiro atoms. The Morgan fingerprint density at radius 1 is 1.32 bits per heavy atom. The zero-order valence-corrected chi connectivity index (χ0v) is 15.2. The summed E-state index contributed by atoms with van der Waals surface area (Å²) < 4.78 is 0. The first-order valence-electron chi connectivity index (χ1n) is 8.04. The van der Waals surface area contributed by atoms with Gasteiger partial charge in [-0.25, -0.2) is 0 Å². The van der Waals surface area contributed by atoms with Gasteiger partial charge in [-0.05, 0) is 44.4 Å². The molecule has 0 aliphatic carbocycles. The number of aromatic amines is 1. The molecule has 1 aliphatic rings. The average Bonchev–Trinajstić information content (AvgIpc) is 3.02. The van der Waals surface area contributed by atoms with Crippen molar-refractivity contribution in [3.63, 3.8) is 0 Å². The number of halogens is 2. The van der Waals surface area contributed by atoms with Crippen LogP contribution in [0, 0.1) is 6.92 Å². The summed E-state index contributed by atoms with van der Waals surface area (Å²) in [5.74, 6) is -0.438. The van der Waals surface area contributed by atoms with Crippen molar-refractivity contribution in [1.82, 2.24) is 15.1 Å². The lowest BCUT2D eigenvalue weighted by Gasteiger charge is -2.34. The number of piperidine rings is 1. The van der Waals surface area contributed by atoms with E-state index in [1.807, 2.05) is 0 Å². The van der Waals surface area contributed by atoms with E-state index in [1.54, 1.807) is 30.0 Å². The molecule has 0 bridgehead atoms. The molecule has 2 N–H and O–H groups in total. The van der Waals surface area contributed by atoms with Crippen LogP contribution in [0.4, 0.5) is 5.69 Å². The van der Waals surface area contributed by atoms with E-state index in [0.717, 1.165) is 12.8 Å². The van der Waals surface area contributed by atoms with Gasteiger partial charge in [0.2, 0.25) is 5.91 Å². The lowest BCUT2D eigenvalue weighted by atomic mass is 10.00. The molecule has 3 rings (SSSR count). The number of carbonyl (C=O) groups excluding carboxylic acids is 2. The first-order valence-corrected chi connectivity index (χ1v) is 8.80. The molecular formula is C17H18Cl2N4O2. The van der Waals surface area contributed by atoms with Crippen molar-refractivity contribution in [3.8, 4) is 0 Å². The summed E-state index contributed by atoms with van der Waals surface area (Å²) in [6, 6.07) is 4.33. The molecule has 0 saturated carbocycles. The number of benzene rings is 1. The zero-order valence-electron chi connectivity index (χ0n) is 13.7. The van der Waals surface area contributed by atoms with Crippen LogP contribution in [0.25, 0.3) is 0 Å². The van der Waals surface area contributed by atoms with Crippen LogP contribution >= 0.6 is 23.2 Å². The molecule has 0 radical (unpaired) electrons. The van der Waals surface area contributed by atoms with Gasteiger partial charge >= 0.3 is 0 Å². The minimum atomic E-state index is -0.540. The standard InChI is InChI=1S/C17H18Cl2N4O2/c1-10-12(9-20-22-10)17(25)23-7-3-2-4-15(23)16(24)21-14-6-5-11(18)8-13(14)19/h5-6,8-9,15H,2-4,7H2,1H3,(H,20,22)(H,21,24). The highest BCUT2D eigenvalue weighted by atomic mass is 35.5. The first kappa shape index (κ1) is 17.8. The maximum Gasteiger partial charge on any atom is 0.257 e. The molecule has 132 valence electrons. The van der Waals surface area contributed by atoms with Crippen LogP contribution in [0.2, 0.25) is 10.0 Å². The molecule has 1 atom stereocenters. The van der Waals surface area contributed by atoms with Gasteiger partial charge in [-0.1, -0.05) is 23.2 Å². The third-order valence-electron chi connectivity index (χ3n) is 4.32. The van der Waals surface area contributed by atoms with Gasteiger partial charge in [-0.15, -0.1) is 0 Å². The summed E-state index contributed by atoms with van der Waals surface area (Å²) in [5, 5.41) is 10.3. The predicted molar refractivity (Wildman–Crippen MR) is 97.1 cm³/mol. The molecule has 2 amide bonds. The second-order valence-corrected chi connectivity index (χ2v) is 6.88.